The fourth-order valence-electron chi connectivity index (χ4n) is 10.5. The van der Waals surface area contributed by atoms with E-state index in [1.807, 2.05) is 20.8 Å². The molecule has 6 rings (SSSR count). The lowest BCUT2D eigenvalue weighted by Crippen LogP contribution is -2.72. The van der Waals surface area contributed by atoms with Gasteiger partial charge in [0.05, 0.1) is 44.9 Å². The molecule has 0 bridgehead atoms. The maximum absolute atomic E-state index is 15.5. The Labute approximate surface area is 625 Å². The fourth-order valence-corrected chi connectivity index (χ4v) is 15.8. The standard InChI is InChI=1S/C65H74BrCl6N11O18Si/c1-63(2,3)102(42-16-10-6-11-17-42,43-18-12-7-13-19-43)101-53(54(74)87)52(58(91)79-44(26-37-20-22-39(66)23-21-37)55(88)75-25-24-51(86)98-34-64(67,68)69)82-56(89)45(30-49(73)84)78-57(90)48(81-61(94)97-33-38-14-8-5-9-15-38)32-83-31-40(76-36-83)27-46(59(92)96-4)77-50(85)29-41-28-47(60(93)100-41)80-62(95)99-35-65(70,71)72/h5-23,31,36,41,44-48,52-53H,24-30,32-35H2,1-4H3,(H2,73,84)(H2,74,87)(H,75,88)(H,77,85)(H,78,90)(H,79,91)(H,80,95)(H,81,94)(H,82,89)/t41-,44+,45+,46+,47+,48-,52+,53-/m1/s1. The van der Waals surface area contributed by atoms with Gasteiger partial charge in [0, 0.05) is 36.5 Å². The number of imidazole rings is 1. The molecule has 550 valence electrons. The fraction of sp³-hybridized carbons (Fsp3) is 0.400. The van der Waals surface area contributed by atoms with Crippen molar-refractivity contribution in [1.29, 1.82) is 0 Å². The van der Waals surface area contributed by atoms with Gasteiger partial charge in [-0.1, -0.05) is 209 Å². The van der Waals surface area contributed by atoms with Crippen LogP contribution in [0, 0.1) is 0 Å². The number of benzene rings is 4. The van der Waals surface area contributed by atoms with Gasteiger partial charge in [0.25, 0.3) is 8.32 Å². The Balaban J connectivity index is 1.33. The van der Waals surface area contributed by atoms with Crippen LogP contribution in [-0.4, -0.2) is 172 Å². The Hall–Kier alpha value is -8.27. The highest BCUT2D eigenvalue weighted by molar-refractivity contribution is 9.10. The van der Waals surface area contributed by atoms with Crippen molar-refractivity contribution in [2.45, 2.75) is 134 Å². The number of rotatable bonds is 34. The highest BCUT2D eigenvalue weighted by atomic mass is 79.9. The first kappa shape index (κ1) is 82.7. The lowest BCUT2D eigenvalue weighted by Gasteiger charge is -2.45. The number of hydrogen-bond acceptors (Lipinski definition) is 19. The van der Waals surface area contributed by atoms with E-state index < -0.39 is 180 Å². The molecule has 0 spiro atoms. The summed E-state index contributed by atoms with van der Waals surface area (Å²) in [5.74, 6) is -10.7. The van der Waals surface area contributed by atoms with Crippen LogP contribution in [-0.2, 0) is 102 Å². The molecule has 11 N–H and O–H groups in total. The third-order valence-corrected chi connectivity index (χ3v) is 21.4. The van der Waals surface area contributed by atoms with Gasteiger partial charge in [-0.05, 0) is 38.7 Å². The van der Waals surface area contributed by atoms with E-state index in [1.165, 1.54) is 17.1 Å². The number of hydrogen-bond donors (Lipinski definition) is 9. The minimum Gasteiger partial charge on any atom is -0.467 e. The van der Waals surface area contributed by atoms with E-state index in [0.29, 0.717) is 26.0 Å². The van der Waals surface area contributed by atoms with Crippen molar-refractivity contribution in [2.24, 2.45) is 11.5 Å². The zero-order valence-corrected chi connectivity index (χ0v) is 62.2. The van der Waals surface area contributed by atoms with Crippen LogP contribution < -0.4 is 59.1 Å². The van der Waals surface area contributed by atoms with Crippen LogP contribution in [0.5, 0.6) is 0 Å². The third kappa shape index (κ3) is 26.2. The summed E-state index contributed by atoms with van der Waals surface area (Å²) in [6, 6.07) is 22.3. The lowest BCUT2D eigenvalue weighted by atomic mass is 10.0. The van der Waals surface area contributed by atoms with Crippen LogP contribution in [0.3, 0.4) is 0 Å². The molecule has 0 unspecified atom stereocenters. The molecule has 4 aromatic carbocycles. The SMILES string of the molecule is COC(=O)[C@H](Cc1cn(C[C@@H](NC(=O)OCc2ccccc2)C(=O)N[C@@H](CC(N)=O)C(=O)N[C@H](C(=O)N[C@@H](Cc2ccc(Br)cc2)C(=O)NCCC(=O)OCC(Cl)(Cl)Cl)[C@@H](O[Si](c2ccccc2)(c2ccccc2)C(C)(C)C)C(N)=O)cn1)NC(=O)C[C@H]1C[C@H](NC(=O)OCC(Cl)(Cl)Cl)C(=O)O1. The Bertz CT molecular complexity index is 3730. The van der Waals surface area contributed by atoms with Gasteiger partial charge in [0.1, 0.15) is 62.2 Å². The molecule has 9 amide bonds. The monoisotopic (exact) mass is 1610 g/mol. The van der Waals surface area contributed by atoms with Gasteiger partial charge in [-0.2, -0.15) is 0 Å². The molecule has 8 atom stereocenters. The molecule has 1 aliphatic heterocycles. The van der Waals surface area contributed by atoms with Crippen molar-refractivity contribution < 1.29 is 85.6 Å². The van der Waals surface area contributed by atoms with Gasteiger partial charge in [-0.25, -0.2) is 24.2 Å². The number of alkyl carbamates (subject to hydrolysis) is 2. The number of cyclic esters (lactones) is 1. The van der Waals surface area contributed by atoms with E-state index in [9.17, 15) is 47.9 Å². The second kappa shape index (κ2) is 38.3. The first-order valence-corrected chi connectivity index (χ1v) is 36.1. The lowest BCUT2D eigenvalue weighted by molar-refractivity contribution is -0.147. The number of nitrogens with zero attached hydrogens (tertiary/aromatic N) is 2. The average molecular weight is 1620 g/mol. The summed E-state index contributed by atoms with van der Waals surface area (Å²) in [6.07, 6.45) is -5.70. The largest absolute Gasteiger partial charge is 0.467 e. The third-order valence-electron chi connectivity index (χ3n) is 15.2. The summed E-state index contributed by atoms with van der Waals surface area (Å²) in [7, 11) is -2.94. The maximum atomic E-state index is 15.5. The zero-order chi connectivity index (χ0) is 75.1. The maximum Gasteiger partial charge on any atom is 0.408 e. The minimum atomic E-state index is -4.00. The van der Waals surface area contributed by atoms with Crippen molar-refractivity contribution >= 4 is 176 Å². The highest BCUT2D eigenvalue weighted by Crippen LogP contribution is 2.38. The van der Waals surface area contributed by atoms with Crippen LogP contribution in [0.25, 0.3) is 0 Å². The molecule has 1 aliphatic rings. The van der Waals surface area contributed by atoms with E-state index in [1.54, 1.807) is 115 Å². The van der Waals surface area contributed by atoms with Gasteiger partial charge < -0.3 is 81.4 Å². The summed E-state index contributed by atoms with van der Waals surface area (Å²) in [5, 5.41) is 17.5. The zero-order valence-electron chi connectivity index (χ0n) is 55.1. The summed E-state index contributed by atoms with van der Waals surface area (Å²) >= 11 is 37.5. The molecule has 1 saturated heterocycles. The second-order valence-corrected chi connectivity index (χ2v) is 34.3. The van der Waals surface area contributed by atoms with Crippen molar-refractivity contribution in [1.82, 2.24) is 46.8 Å². The van der Waals surface area contributed by atoms with Crippen LogP contribution in [0.4, 0.5) is 9.59 Å². The molecular formula is C65H74BrCl6N11O18Si. The van der Waals surface area contributed by atoms with Gasteiger partial charge >= 0.3 is 30.1 Å². The number of amides is 9. The number of nitrogens with two attached hydrogens (primary N) is 2. The molecule has 5 aromatic rings. The molecule has 2 heterocycles. The van der Waals surface area contributed by atoms with E-state index in [4.69, 9.17) is 109 Å². The summed E-state index contributed by atoms with van der Waals surface area (Å²) in [5.41, 5.74) is 13.2. The van der Waals surface area contributed by atoms with Crippen LogP contribution in [0.2, 0.25) is 5.04 Å². The van der Waals surface area contributed by atoms with Gasteiger partial charge in [-0.3, -0.25) is 38.4 Å². The predicted octanol–water partition coefficient (Wildman–Crippen LogP) is 3.73. The molecule has 0 radical (unpaired) electrons. The van der Waals surface area contributed by atoms with E-state index in [-0.39, 0.29) is 38.1 Å². The van der Waals surface area contributed by atoms with Gasteiger partial charge in [-0.15, -0.1) is 0 Å². The van der Waals surface area contributed by atoms with Crippen molar-refractivity contribution in [2.75, 3.05) is 26.9 Å². The number of esters is 3. The molecule has 102 heavy (non-hydrogen) atoms. The normalized spacial score (nSPS) is 15.6. The summed E-state index contributed by atoms with van der Waals surface area (Å²) in [4.78, 5) is 170. The van der Waals surface area contributed by atoms with E-state index in [2.05, 4.69) is 58.1 Å². The second-order valence-electron chi connectivity index (χ2n) is 24.1. The van der Waals surface area contributed by atoms with Crippen molar-refractivity contribution in [3.63, 3.8) is 0 Å². The van der Waals surface area contributed by atoms with Crippen molar-refractivity contribution in [3.8, 4) is 0 Å². The quantitative estimate of drug-likeness (QED) is 0.0123. The number of methoxy groups -OCH3 is 1. The number of carbonyl (C=O) groups excluding carboxylic acids is 12. The number of nitrogens with one attached hydrogen (secondary N) is 7. The molecule has 0 saturated carbocycles. The number of ether oxygens (including phenoxy) is 5. The number of carbonyl (C=O) groups is 12. The van der Waals surface area contributed by atoms with Crippen molar-refractivity contribution in [3.05, 3.63) is 149 Å². The Morgan fingerprint density at radius 2 is 1.25 bits per heavy atom. The Morgan fingerprint density at radius 3 is 1.81 bits per heavy atom. The smallest absolute Gasteiger partial charge is 0.408 e. The van der Waals surface area contributed by atoms with Crippen LogP contribution in [0.1, 0.15) is 63.3 Å². The molecule has 37 heteroatoms. The first-order valence-electron chi connectivity index (χ1n) is 31.1. The topological polar surface area (TPSA) is 414 Å². The van der Waals surface area contributed by atoms with E-state index in [0.717, 1.165) is 7.11 Å². The number of primary amides is 2. The predicted molar refractivity (Wildman–Crippen MR) is 379 cm³/mol. The summed E-state index contributed by atoms with van der Waals surface area (Å²) in [6.45, 7) is 3.09. The Morgan fingerprint density at radius 1 is 0.667 bits per heavy atom. The molecule has 0 aliphatic carbocycles. The van der Waals surface area contributed by atoms with E-state index >= 15 is 9.59 Å². The average Bonchev–Trinajstić information content (AvgIpc) is 0.865. The highest BCUT2D eigenvalue weighted by Gasteiger charge is 2.54. The molecule has 1 fully saturated rings. The van der Waals surface area contributed by atoms with Gasteiger partial charge in [0.15, 0.2) is 6.10 Å². The molecular weight excluding hydrogens is 1540 g/mol. The van der Waals surface area contributed by atoms with Crippen LogP contribution >= 0.6 is 85.5 Å². The summed E-state index contributed by atoms with van der Waals surface area (Å²) < 4.78 is 30.7. The van der Waals surface area contributed by atoms with Gasteiger partial charge in [0.2, 0.25) is 48.9 Å². The Kier molecular flexibility index (Phi) is 31.0. The number of alkyl halides is 6. The molecule has 1 aromatic heterocycles. The molecule has 29 nitrogen and oxygen atoms in total. The minimum absolute atomic E-state index is 0.0935. The number of halogens is 7. The van der Waals surface area contributed by atoms with Crippen LogP contribution in [0.15, 0.2) is 132 Å². The first-order chi connectivity index (χ1) is 48.0. The number of aromatic nitrogens is 2.